The zero-order valence-corrected chi connectivity index (χ0v) is 17.3. The van der Waals surface area contributed by atoms with Crippen LogP contribution >= 0.6 is 0 Å². The first kappa shape index (κ1) is 22.2. The molecule has 1 fully saturated rings. The molecule has 1 saturated heterocycles. The Morgan fingerprint density at radius 3 is 2.63 bits per heavy atom. The Morgan fingerprint density at radius 1 is 1.17 bits per heavy atom. The van der Waals surface area contributed by atoms with Crippen LogP contribution in [-0.2, 0) is 6.42 Å². The van der Waals surface area contributed by atoms with Crippen LogP contribution in [0, 0.1) is 5.92 Å². The summed E-state index contributed by atoms with van der Waals surface area (Å²) in [6.45, 7) is 2.37. The Kier molecular flexibility index (Phi) is 7.43. The first-order chi connectivity index (χ1) is 14.4. The van der Waals surface area contributed by atoms with Gasteiger partial charge in [0.1, 0.15) is 5.69 Å². The summed E-state index contributed by atoms with van der Waals surface area (Å²) in [5.74, 6) is -3.66. The van der Waals surface area contributed by atoms with Gasteiger partial charge in [0.2, 0.25) is 0 Å². The van der Waals surface area contributed by atoms with E-state index in [4.69, 9.17) is 0 Å². The topological polar surface area (TPSA) is 59.1 Å². The lowest BCUT2D eigenvalue weighted by molar-refractivity contribution is -0.0811. The van der Waals surface area contributed by atoms with Gasteiger partial charge in [-0.1, -0.05) is 37.3 Å². The number of nitrogens with one attached hydrogen (secondary N) is 1. The average Bonchev–Trinajstić information content (AvgIpc) is 2.74. The maximum atomic E-state index is 14.0. The molecule has 1 aliphatic rings. The molecule has 0 spiro atoms. The van der Waals surface area contributed by atoms with Crippen molar-refractivity contribution >= 4 is 11.6 Å². The summed E-state index contributed by atoms with van der Waals surface area (Å²) in [7, 11) is 0. The van der Waals surface area contributed by atoms with Gasteiger partial charge < -0.3 is 5.32 Å². The van der Waals surface area contributed by atoms with Crippen LogP contribution in [0.4, 0.5) is 8.78 Å². The molecule has 1 unspecified atom stereocenters. The second-order valence-corrected chi connectivity index (χ2v) is 7.90. The van der Waals surface area contributed by atoms with Crippen LogP contribution in [-0.4, -0.2) is 35.6 Å². The molecule has 2 aromatic rings. The predicted octanol–water partition coefficient (Wildman–Crippen LogP) is 4.86. The van der Waals surface area contributed by atoms with Crippen LogP contribution in [0.5, 0.6) is 0 Å². The summed E-state index contributed by atoms with van der Waals surface area (Å²) >= 11 is 0. The molecule has 1 aromatic heterocycles. The van der Waals surface area contributed by atoms with Crippen LogP contribution in [0.3, 0.4) is 0 Å². The lowest BCUT2D eigenvalue weighted by atomic mass is 9.89. The highest BCUT2D eigenvalue weighted by Crippen LogP contribution is 2.33. The normalized spacial score (nSPS) is 18.2. The van der Waals surface area contributed by atoms with Gasteiger partial charge >= 0.3 is 0 Å². The van der Waals surface area contributed by atoms with Gasteiger partial charge in [0.25, 0.3) is 5.92 Å². The summed E-state index contributed by atoms with van der Waals surface area (Å²) in [5.41, 5.74) is 2.42. The number of halogens is 2. The van der Waals surface area contributed by atoms with Crippen molar-refractivity contribution in [2.75, 3.05) is 13.1 Å². The molecule has 0 bridgehead atoms. The summed E-state index contributed by atoms with van der Waals surface area (Å²) in [4.78, 5) is 29.4. The van der Waals surface area contributed by atoms with Crippen LogP contribution in [0.25, 0.3) is 0 Å². The smallest absolute Gasteiger partial charge is 0.253 e. The number of alkyl halides is 2. The van der Waals surface area contributed by atoms with E-state index in [0.29, 0.717) is 43.5 Å². The van der Waals surface area contributed by atoms with Crippen molar-refractivity contribution in [3.05, 3.63) is 65.0 Å². The van der Waals surface area contributed by atoms with Crippen molar-refractivity contribution in [1.82, 2.24) is 10.3 Å². The minimum Gasteiger partial charge on any atom is -0.316 e. The van der Waals surface area contributed by atoms with E-state index < -0.39 is 11.8 Å². The fourth-order valence-electron chi connectivity index (χ4n) is 3.82. The quantitative estimate of drug-likeness (QED) is 0.595. The molecule has 1 aliphatic heterocycles. The summed E-state index contributed by atoms with van der Waals surface area (Å²) in [6, 6.07) is 13.0. The number of hydrogen-bond donors (Lipinski definition) is 1. The molecule has 4 nitrogen and oxygen atoms in total. The molecule has 30 heavy (non-hydrogen) atoms. The molecule has 1 N–H and O–H groups in total. The molecule has 0 radical (unpaired) electrons. The lowest BCUT2D eigenvalue weighted by Gasteiger charge is -2.31. The maximum absolute atomic E-state index is 14.0. The van der Waals surface area contributed by atoms with E-state index in [2.05, 4.69) is 10.3 Å². The van der Waals surface area contributed by atoms with Gasteiger partial charge in [0, 0.05) is 55.9 Å². The second-order valence-electron chi connectivity index (χ2n) is 7.90. The van der Waals surface area contributed by atoms with E-state index in [9.17, 15) is 18.4 Å². The van der Waals surface area contributed by atoms with Gasteiger partial charge in [-0.05, 0) is 30.5 Å². The molecule has 1 aromatic carbocycles. The van der Waals surface area contributed by atoms with E-state index in [1.807, 2.05) is 30.3 Å². The van der Waals surface area contributed by atoms with Crippen molar-refractivity contribution in [1.29, 1.82) is 0 Å². The Labute approximate surface area is 176 Å². The number of carbonyl (C=O) groups is 2. The van der Waals surface area contributed by atoms with Gasteiger partial charge in [-0.3, -0.25) is 9.59 Å². The van der Waals surface area contributed by atoms with Gasteiger partial charge in [0.05, 0.1) is 0 Å². The van der Waals surface area contributed by atoms with Gasteiger partial charge in [-0.15, -0.1) is 0 Å². The van der Waals surface area contributed by atoms with Gasteiger partial charge in [0.15, 0.2) is 11.6 Å². The number of carbonyl (C=O) groups excluding carboxylic acids is 2. The van der Waals surface area contributed by atoms with Crippen molar-refractivity contribution in [2.24, 2.45) is 5.92 Å². The van der Waals surface area contributed by atoms with Gasteiger partial charge in [-0.2, -0.15) is 0 Å². The Balaban J connectivity index is 1.70. The molecule has 3 rings (SSSR count). The first-order valence-corrected chi connectivity index (χ1v) is 10.6. The third-order valence-electron chi connectivity index (χ3n) is 5.61. The fourth-order valence-corrected chi connectivity index (χ4v) is 3.82. The Morgan fingerprint density at radius 2 is 1.93 bits per heavy atom. The average molecular weight is 414 g/mol. The summed E-state index contributed by atoms with van der Waals surface area (Å²) in [5, 5.41) is 3.01. The predicted molar refractivity (Wildman–Crippen MR) is 112 cm³/mol. The SMILES string of the molecule is CCC(=O)c1cc(C(=O)CCCC2CNCCC2(F)F)cc(Cc2ccccc2)n1. The molecular weight excluding hydrogens is 386 g/mol. The first-order valence-electron chi connectivity index (χ1n) is 10.6. The summed E-state index contributed by atoms with van der Waals surface area (Å²) < 4.78 is 28.0. The standard InChI is InChI=1S/C24H28F2N2O2/c1-2-22(29)21-15-18(14-20(28-21)13-17-7-4-3-5-8-17)23(30)10-6-9-19-16-27-12-11-24(19,25)26/h3-5,7-8,14-15,19,27H,2,6,9-13,16H2,1H3. The number of aromatic nitrogens is 1. The number of rotatable bonds is 9. The van der Waals surface area contributed by atoms with Crippen molar-refractivity contribution in [2.45, 2.75) is 51.4 Å². The maximum Gasteiger partial charge on any atom is 0.253 e. The number of nitrogens with zero attached hydrogens (tertiary/aromatic N) is 1. The Bertz CT molecular complexity index is 884. The molecule has 6 heteroatoms. The van der Waals surface area contributed by atoms with Crippen LogP contribution in [0.2, 0.25) is 0 Å². The molecule has 1 atom stereocenters. The van der Waals surface area contributed by atoms with E-state index in [1.165, 1.54) is 0 Å². The third kappa shape index (κ3) is 5.79. The largest absolute Gasteiger partial charge is 0.316 e. The highest BCUT2D eigenvalue weighted by Gasteiger charge is 2.40. The molecule has 2 heterocycles. The number of Topliss-reactive ketones (excluding diaryl/α,β-unsaturated/α-hetero) is 2. The Hall–Kier alpha value is -2.47. The zero-order valence-electron chi connectivity index (χ0n) is 17.3. The number of hydrogen-bond acceptors (Lipinski definition) is 4. The molecule has 0 saturated carbocycles. The summed E-state index contributed by atoms with van der Waals surface area (Å²) in [6.07, 6.45) is 1.55. The number of benzene rings is 1. The third-order valence-corrected chi connectivity index (χ3v) is 5.61. The van der Waals surface area contributed by atoms with Gasteiger partial charge in [-0.25, -0.2) is 13.8 Å². The zero-order chi connectivity index (χ0) is 21.6. The van der Waals surface area contributed by atoms with Crippen LogP contribution in [0.15, 0.2) is 42.5 Å². The fraction of sp³-hybridized carbons (Fsp3) is 0.458. The molecule has 0 aliphatic carbocycles. The number of pyridine rings is 1. The molecule has 160 valence electrons. The monoisotopic (exact) mass is 414 g/mol. The highest BCUT2D eigenvalue weighted by atomic mass is 19.3. The minimum absolute atomic E-state index is 0.119. The highest BCUT2D eigenvalue weighted by molar-refractivity contribution is 6.00. The van der Waals surface area contributed by atoms with Crippen molar-refractivity contribution in [3.63, 3.8) is 0 Å². The van der Waals surface area contributed by atoms with E-state index in [-0.39, 0.29) is 36.6 Å². The molecular formula is C24H28F2N2O2. The van der Waals surface area contributed by atoms with Crippen molar-refractivity contribution in [3.8, 4) is 0 Å². The second kappa shape index (κ2) is 10.0. The lowest BCUT2D eigenvalue weighted by Crippen LogP contribution is -2.44. The minimum atomic E-state index is -2.67. The molecule has 0 amide bonds. The van der Waals surface area contributed by atoms with E-state index in [0.717, 1.165) is 5.56 Å². The van der Waals surface area contributed by atoms with E-state index in [1.54, 1.807) is 19.1 Å². The van der Waals surface area contributed by atoms with E-state index >= 15 is 0 Å². The number of piperidine rings is 1. The number of ketones is 2. The van der Waals surface area contributed by atoms with Crippen LogP contribution in [0.1, 0.15) is 71.1 Å². The van der Waals surface area contributed by atoms with Crippen LogP contribution < -0.4 is 5.32 Å². The van der Waals surface area contributed by atoms with Crippen molar-refractivity contribution < 1.29 is 18.4 Å².